The quantitative estimate of drug-likeness (QED) is 0.568. The molecule has 2 aromatic carbocycles. The van der Waals surface area contributed by atoms with E-state index in [9.17, 15) is 4.79 Å². The summed E-state index contributed by atoms with van der Waals surface area (Å²) in [5.41, 5.74) is 1.55. The highest BCUT2D eigenvalue weighted by atomic mass is 16.4. The molecule has 0 fully saturated rings. The van der Waals surface area contributed by atoms with E-state index >= 15 is 0 Å². The van der Waals surface area contributed by atoms with E-state index < -0.39 is 0 Å². The van der Waals surface area contributed by atoms with Gasteiger partial charge >= 0.3 is 0 Å². The van der Waals surface area contributed by atoms with Crippen LogP contribution in [0.5, 0.6) is 0 Å². The predicted octanol–water partition coefficient (Wildman–Crippen LogP) is 2.62. The first kappa shape index (κ1) is 17.1. The molecule has 0 aliphatic rings. The topological polar surface area (TPSA) is 85.8 Å². The number of nitrogens with zero attached hydrogens (tertiary/aromatic N) is 4. The molecule has 0 aliphatic heterocycles. The van der Waals surface area contributed by atoms with Gasteiger partial charge in [0.2, 0.25) is 11.8 Å². The molecule has 27 heavy (non-hydrogen) atoms. The monoisotopic (exact) mass is 361 g/mol. The van der Waals surface area contributed by atoms with E-state index in [1.807, 2.05) is 55.5 Å². The van der Waals surface area contributed by atoms with Crippen molar-refractivity contribution in [2.24, 2.45) is 0 Å². The van der Waals surface area contributed by atoms with Crippen molar-refractivity contribution in [3.05, 3.63) is 77.2 Å². The summed E-state index contributed by atoms with van der Waals surface area (Å²) in [6, 6.07) is 17.0. The van der Waals surface area contributed by atoms with Crippen LogP contribution >= 0.6 is 0 Å². The van der Waals surface area contributed by atoms with Crippen molar-refractivity contribution in [2.45, 2.75) is 26.1 Å². The minimum absolute atomic E-state index is 0.0257. The van der Waals surface area contributed by atoms with Gasteiger partial charge in [0.25, 0.3) is 5.56 Å². The van der Waals surface area contributed by atoms with Gasteiger partial charge in [-0.2, -0.15) is 0 Å². The van der Waals surface area contributed by atoms with E-state index in [1.165, 1.54) is 0 Å². The molecule has 136 valence electrons. The zero-order chi connectivity index (χ0) is 18.6. The largest absolute Gasteiger partial charge is 0.419 e. The van der Waals surface area contributed by atoms with Gasteiger partial charge in [0.15, 0.2) is 0 Å². The molecule has 2 heterocycles. The van der Waals surface area contributed by atoms with Crippen LogP contribution in [0.25, 0.3) is 22.4 Å². The van der Waals surface area contributed by atoms with Crippen LogP contribution in [-0.4, -0.2) is 25.8 Å². The molecule has 4 rings (SSSR count). The van der Waals surface area contributed by atoms with E-state index in [0.29, 0.717) is 35.8 Å². The normalized spacial score (nSPS) is 12.3. The third-order valence-corrected chi connectivity index (χ3v) is 4.29. The van der Waals surface area contributed by atoms with Gasteiger partial charge in [-0.25, -0.2) is 4.98 Å². The number of hydrogen-bond acceptors (Lipinski definition) is 6. The first-order valence-electron chi connectivity index (χ1n) is 8.76. The van der Waals surface area contributed by atoms with Crippen LogP contribution in [0, 0.1) is 0 Å². The lowest BCUT2D eigenvalue weighted by Crippen LogP contribution is -2.34. The fourth-order valence-corrected chi connectivity index (χ4v) is 2.88. The minimum atomic E-state index is -0.0431. The average Bonchev–Trinajstić information content (AvgIpc) is 3.19. The Hall–Kier alpha value is -3.32. The third kappa shape index (κ3) is 3.78. The summed E-state index contributed by atoms with van der Waals surface area (Å²) in [6.07, 6.45) is 1.59. The average molecular weight is 361 g/mol. The molecule has 0 bridgehead atoms. The summed E-state index contributed by atoms with van der Waals surface area (Å²) in [6.45, 7) is 2.92. The van der Waals surface area contributed by atoms with Crippen molar-refractivity contribution in [3.8, 4) is 11.5 Å². The van der Waals surface area contributed by atoms with Gasteiger partial charge in [-0.15, -0.1) is 10.2 Å². The number of rotatable bonds is 6. The number of fused-ring (bicyclic) bond motifs is 1. The third-order valence-electron chi connectivity index (χ3n) is 4.29. The molecule has 7 heteroatoms. The van der Waals surface area contributed by atoms with Crippen molar-refractivity contribution < 1.29 is 4.42 Å². The number of aromatic nitrogens is 4. The summed E-state index contributed by atoms with van der Waals surface area (Å²) < 4.78 is 7.30. The molecule has 0 saturated carbocycles. The number of benzene rings is 2. The fourth-order valence-electron chi connectivity index (χ4n) is 2.88. The van der Waals surface area contributed by atoms with Crippen molar-refractivity contribution in [1.82, 2.24) is 25.1 Å². The Morgan fingerprint density at radius 1 is 1.07 bits per heavy atom. The van der Waals surface area contributed by atoms with Gasteiger partial charge in [-0.3, -0.25) is 9.36 Å². The highest BCUT2D eigenvalue weighted by molar-refractivity contribution is 5.76. The second-order valence-corrected chi connectivity index (χ2v) is 6.37. The maximum Gasteiger partial charge on any atom is 0.261 e. The molecule has 0 radical (unpaired) electrons. The van der Waals surface area contributed by atoms with Gasteiger partial charge in [0, 0.05) is 18.2 Å². The van der Waals surface area contributed by atoms with Gasteiger partial charge in [0.1, 0.15) is 0 Å². The van der Waals surface area contributed by atoms with E-state index in [0.717, 1.165) is 5.56 Å². The second-order valence-electron chi connectivity index (χ2n) is 6.37. The Kier molecular flexibility index (Phi) is 4.76. The van der Waals surface area contributed by atoms with Crippen LogP contribution in [0.3, 0.4) is 0 Å². The molecule has 4 aromatic rings. The lowest BCUT2D eigenvalue weighted by atomic mass is 10.2. The van der Waals surface area contributed by atoms with Gasteiger partial charge in [-0.05, 0) is 31.2 Å². The molecular weight excluding hydrogens is 342 g/mol. The molecule has 0 saturated heterocycles. The summed E-state index contributed by atoms with van der Waals surface area (Å²) >= 11 is 0. The molecule has 0 amide bonds. The first-order chi connectivity index (χ1) is 13.2. The van der Waals surface area contributed by atoms with Crippen molar-refractivity contribution in [3.63, 3.8) is 0 Å². The minimum Gasteiger partial charge on any atom is -0.419 e. The van der Waals surface area contributed by atoms with Crippen LogP contribution in [0.15, 0.2) is 70.1 Å². The summed E-state index contributed by atoms with van der Waals surface area (Å²) in [4.78, 5) is 16.9. The maximum absolute atomic E-state index is 12.6. The lowest BCUT2D eigenvalue weighted by Gasteiger charge is -2.14. The molecule has 0 spiro atoms. The van der Waals surface area contributed by atoms with Gasteiger partial charge in [0.05, 0.1) is 23.8 Å². The SMILES string of the molecule is C[C@@H](Cn1cnc2ccccc2c1=O)NCc1nnc(-c2ccccc2)o1. The lowest BCUT2D eigenvalue weighted by molar-refractivity contribution is 0.419. The van der Waals surface area contributed by atoms with Crippen LogP contribution < -0.4 is 10.9 Å². The van der Waals surface area contributed by atoms with E-state index in [2.05, 4.69) is 20.5 Å². The highest BCUT2D eigenvalue weighted by Gasteiger charge is 2.11. The van der Waals surface area contributed by atoms with E-state index in [1.54, 1.807) is 17.0 Å². The molecular formula is C20H19N5O2. The standard InChI is InChI=1S/C20H19N5O2/c1-14(12-25-13-22-17-10-6-5-9-16(17)20(25)26)21-11-18-23-24-19(27-18)15-7-3-2-4-8-15/h2-10,13-14,21H,11-12H2,1H3/t14-/m0/s1. The Morgan fingerprint density at radius 2 is 1.85 bits per heavy atom. The number of para-hydroxylation sites is 1. The van der Waals surface area contributed by atoms with Crippen LogP contribution in [0.2, 0.25) is 0 Å². The molecule has 1 atom stereocenters. The van der Waals surface area contributed by atoms with Crippen LogP contribution in [0.4, 0.5) is 0 Å². The van der Waals surface area contributed by atoms with Crippen molar-refractivity contribution in [1.29, 1.82) is 0 Å². The maximum atomic E-state index is 12.6. The van der Waals surface area contributed by atoms with Crippen LogP contribution in [0.1, 0.15) is 12.8 Å². The molecule has 0 aliphatic carbocycles. The molecule has 1 N–H and O–H groups in total. The number of nitrogens with one attached hydrogen (secondary N) is 1. The van der Waals surface area contributed by atoms with E-state index in [-0.39, 0.29) is 11.6 Å². The second kappa shape index (κ2) is 7.51. The zero-order valence-corrected chi connectivity index (χ0v) is 14.9. The van der Waals surface area contributed by atoms with Gasteiger partial charge in [-0.1, -0.05) is 30.3 Å². The Morgan fingerprint density at radius 3 is 2.70 bits per heavy atom. The fraction of sp³-hybridized carbons (Fsp3) is 0.200. The van der Waals surface area contributed by atoms with Crippen molar-refractivity contribution in [2.75, 3.05) is 0 Å². The summed E-state index contributed by atoms with van der Waals surface area (Å²) in [5.74, 6) is 1.000. The first-order valence-corrected chi connectivity index (χ1v) is 8.76. The zero-order valence-electron chi connectivity index (χ0n) is 14.9. The predicted molar refractivity (Wildman–Crippen MR) is 102 cm³/mol. The summed E-state index contributed by atoms with van der Waals surface area (Å²) in [5, 5.41) is 12.1. The molecule has 0 unspecified atom stereocenters. The molecule has 7 nitrogen and oxygen atoms in total. The highest BCUT2D eigenvalue weighted by Crippen LogP contribution is 2.16. The van der Waals surface area contributed by atoms with E-state index in [4.69, 9.17) is 4.42 Å². The summed E-state index contributed by atoms with van der Waals surface area (Å²) in [7, 11) is 0. The van der Waals surface area contributed by atoms with Crippen molar-refractivity contribution >= 4 is 10.9 Å². The molecule has 2 aromatic heterocycles. The number of hydrogen-bond donors (Lipinski definition) is 1. The smallest absolute Gasteiger partial charge is 0.261 e. The Balaban J connectivity index is 1.40. The Bertz CT molecular complexity index is 1100. The Labute approximate surface area is 155 Å². The van der Waals surface area contributed by atoms with Crippen LogP contribution in [-0.2, 0) is 13.1 Å². The van der Waals surface area contributed by atoms with Gasteiger partial charge < -0.3 is 9.73 Å².